The van der Waals surface area contributed by atoms with E-state index in [2.05, 4.69) is 4.84 Å². The Labute approximate surface area is 83.5 Å². The van der Waals surface area contributed by atoms with Crippen LogP contribution in [0.15, 0.2) is 18.2 Å². The summed E-state index contributed by atoms with van der Waals surface area (Å²) in [6, 6.07) is 3.20. The Kier molecular flexibility index (Phi) is 3.17. The first kappa shape index (κ1) is 10.9. The maximum absolute atomic E-state index is 12.9. The van der Waals surface area contributed by atoms with Crippen LogP contribution in [0, 0.1) is 15.9 Å². The van der Waals surface area contributed by atoms with Crippen LogP contribution in [0.3, 0.4) is 0 Å². The van der Waals surface area contributed by atoms with E-state index < -0.39 is 23.4 Å². The number of amides is 1. The number of carbonyl (C=O) groups excluding carboxylic acids is 1. The highest BCUT2D eigenvalue weighted by atomic mass is 19.1. The molecule has 1 aromatic carbocycles. The fourth-order valence-corrected chi connectivity index (χ4v) is 1.00. The normalized spacial score (nSPS) is 9.67. The molecule has 7 heteroatoms. The van der Waals surface area contributed by atoms with E-state index in [0.29, 0.717) is 0 Å². The minimum atomic E-state index is -1.01. The molecule has 0 atom stereocenters. The first-order valence-electron chi connectivity index (χ1n) is 3.85. The topological polar surface area (TPSA) is 95.5 Å². The van der Waals surface area contributed by atoms with E-state index in [1.54, 1.807) is 0 Å². The van der Waals surface area contributed by atoms with Gasteiger partial charge < -0.3 is 10.6 Å². The highest BCUT2D eigenvalue weighted by Gasteiger charge is 2.06. The van der Waals surface area contributed by atoms with Crippen LogP contribution in [0.1, 0.15) is 15.9 Å². The average molecular weight is 214 g/mol. The molecule has 0 saturated heterocycles. The molecule has 0 bridgehead atoms. The number of hydrogen-bond donors (Lipinski definition) is 1. The van der Waals surface area contributed by atoms with E-state index in [4.69, 9.17) is 5.73 Å². The maximum Gasteiger partial charge on any atom is 0.294 e. The third-order valence-corrected chi connectivity index (χ3v) is 1.58. The first-order valence-corrected chi connectivity index (χ1v) is 3.85. The molecule has 1 rings (SSSR count). The summed E-state index contributed by atoms with van der Waals surface area (Å²) in [5.74, 6) is -1.51. The van der Waals surface area contributed by atoms with Crippen molar-refractivity contribution in [2.75, 3.05) is 0 Å². The molecular weight excluding hydrogens is 207 g/mol. The van der Waals surface area contributed by atoms with E-state index in [1.165, 1.54) is 6.07 Å². The molecule has 2 N–H and O–H groups in total. The van der Waals surface area contributed by atoms with E-state index in [1.807, 2.05) is 0 Å². The lowest BCUT2D eigenvalue weighted by Gasteiger charge is -2.02. The summed E-state index contributed by atoms with van der Waals surface area (Å²) in [5.41, 5.74) is 5.04. The summed E-state index contributed by atoms with van der Waals surface area (Å²) in [4.78, 5) is 24.6. The quantitative estimate of drug-likeness (QED) is 0.587. The Bertz CT molecular complexity index is 408. The van der Waals surface area contributed by atoms with Gasteiger partial charge in [0.25, 0.3) is 5.09 Å². The Hall–Kier alpha value is -2.18. The molecule has 0 aliphatic rings. The predicted octanol–water partition coefficient (Wildman–Crippen LogP) is 0.633. The number of nitrogens with two attached hydrogens (primary N) is 1. The smallest absolute Gasteiger partial charge is 0.294 e. The van der Waals surface area contributed by atoms with Crippen LogP contribution in [0.2, 0.25) is 0 Å². The molecule has 1 amide bonds. The second-order valence-corrected chi connectivity index (χ2v) is 2.71. The zero-order valence-electron chi connectivity index (χ0n) is 7.47. The van der Waals surface area contributed by atoms with Crippen molar-refractivity contribution in [2.24, 2.45) is 5.73 Å². The van der Waals surface area contributed by atoms with Gasteiger partial charge in [-0.2, -0.15) is 0 Å². The lowest BCUT2D eigenvalue weighted by molar-refractivity contribution is -0.763. The monoisotopic (exact) mass is 214 g/mol. The van der Waals surface area contributed by atoms with Crippen molar-refractivity contribution in [1.82, 2.24) is 0 Å². The molecule has 1 aromatic rings. The number of hydrogen-bond acceptors (Lipinski definition) is 4. The van der Waals surface area contributed by atoms with Crippen LogP contribution < -0.4 is 5.73 Å². The summed E-state index contributed by atoms with van der Waals surface area (Å²) >= 11 is 0. The van der Waals surface area contributed by atoms with Gasteiger partial charge in [-0.3, -0.25) is 4.79 Å². The lowest BCUT2D eigenvalue weighted by atomic mass is 10.1. The van der Waals surface area contributed by atoms with Gasteiger partial charge in [0.1, 0.15) is 12.4 Å². The number of carbonyl (C=O) groups is 1. The fraction of sp³-hybridized carbons (Fsp3) is 0.125. The average Bonchev–Trinajstić information content (AvgIpc) is 2.13. The van der Waals surface area contributed by atoms with Gasteiger partial charge in [-0.25, -0.2) is 4.39 Å². The molecule has 15 heavy (non-hydrogen) atoms. The van der Waals surface area contributed by atoms with E-state index in [0.717, 1.165) is 12.1 Å². The number of nitrogens with zero attached hydrogens (tertiary/aromatic N) is 1. The minimum Gasteiger partial charge on any atom is -0.366 e. The second-order valence-electron chi connectivity index (χ2n) is 2.71. The summed E-state index contributed by atoms with van der Waals surface area (Å²) in [7, 11) is 0. The number of rotatable bonds is 4. The Morgan fingerprint density at radius 3 is 2.73 bits per heavy atom. The summed E-state index contributed by atoms with van der Waals surface area (Å²) in [6.45, 7) is -0.426. The van der Waals surface area contributed by atoms with Gasteiger partial charge in [0, 0.05) is 5.56 Å². The summed E-state index contributed by atoms with van der Waals surface area (Å²) < 4.78 is 12.9. The number of halogens is 1. The zero-order chi connectivity index (χ0) is 11.4. The van der Waals surface area contributed by atoms with Gasteiger partial charge in [-0.15, -0.1) is 10.1 Å². The van der Waals surface area contributed by atoms with Crippen LogP contribution in [-0.4, -0.2) is 11.0 Å². The molecular formula is C8H7FN2O4. The molecule has 0 heterocycles. The van der Waals surface area contributed by atoms with Crippen LogP contribution in [0.25, 0.3) is 0 Å². The molecule has 0 aliphatic carbocycles. The molecule has 80 valence electrons. The van der Waals surface area contributed by atoms with Gasteiger partial charge in [0.15, 0.2) is 0 Å². The standard InChI is InChI=1S/C8H7FN2O4/c9-7-2-5(4-15-11(13)14)1-6(3-7)8(10)12/h1-3H,4H2,(H2,10,12). The van der Waals surface area contributed by atoms with Crippen molar-refractivity contribution in [3.63, 3.8) is 0 Å². The molecule has 0 saturated carbocycles. The van der Waals surface area contributed by atoms with Crippen LogP contribution in [-0.2, 0) is 11.4 Å². The maximum atomic E-state index is 12.9. The van der Waals surface area contributed by atoms with E-state index in [-0.39, 0.29) is 11.1 Å². The number of primary amides is 1. The van der Waals surface area contributed by atoms with Crippen molar-refractivity contribution in [3.8, 4) is 0 Å². The Morgan fingerprint density at radius 2 is 2.20 bits per heavy atom. The van der Waals surface area contributed by atoms with Crippen molar-refractivity contribution < 1.29 is 19.1 Å². The highest BCUT2D eigenvalue weighted by Crippen LogP contribution is 2.10. The summed E-state index contributed by atoms with van der Waals surface area (Å²) in [6.07, 6.45) is 0. The van der Waals surface area contributed by atoms with Gasteiger partial charge in [-0.1, -0.05) is 0 Å². The second kappa shape index (κ2) is 4.36. The molecule has 0 fully saturated rings. The van der Waals surface area contributed by atoms with Gasteiger partial charge >= 0.3 is 0 Å². The van der Waals surface area contributed by atoms with Gasteiger partial charge in [-0.05, 0) is 23.8 Å². The van der Waals surface area contributed by atoms with Crippen LogP contribution >= 0.6 is 0 Å². The third-order valence-electron chi connectivity index (χ3n) is 1.58. The largest absolute Gasteiger partial charge is 0.366 e. The van der Waals surface area contributed by atoms with E-state index >= 15 is 0 Å². The van der Waals surface area contributed by atoms with Crippen LogP contribution in [0.4, 0.5) is 4.39 Å². The molecule has 6 nitrogen and oxygen atoms in total. The van der Waals surface area contributed by atoms with Crippen LogP contribution in [0.5, 0.6) is 0 Å². The van der Waals surface area contributed by atoms with Gasteiger partial charge in [0.2, 0.25) is 5.91 Å². The molecule has 0 aliphatic heterocycles. The lowest BCUT2D eigenvalue weighted by Crippen LogP contribution is -2.12. The Morgan fingerprint density at radius 1 is 1.53 bits per heavy atom. The molecule has 0 unspecified atom stereocenters. The van der Waals surface area contributed by atoms with Gasteiger partial charge in [0.05, 0.1) is 0 Å². The van der Waals surface area contributed by atoms with E-state index in [9.17, 15) is 19.3 Å². The Balaban J connectivity index is 2.88. The van der Waals surface area contributed by atoms with Crippen molar-refractivity contribution in [1.29, 1.82) is 0 Å². The zero-order valence-corrected chi connectivity index (χ0v) is 7.47. The predicted molar refractivity (Wildman–Crippen MR) is 46.7 cm³/mol. The molecule has 0 radical (unpaired) electrons. The molecule has 0 spiro atoms. The minimum absolute atomic E-state index is 0.0584. The fourth-order valence-electron chi connectivity index (χ4n) is 1.00. The summed E-state index contributed by atoms with van der Waals surface area (Å²) in [5, 5.41) is 8.87. The highest BCUT2D eigenvalue weighted by molar-refractivity contribution is 5.92. The molecule has 0 aromatic heterocycles. The van der Waals surface area contributed by atoms with Crippen molar-refractivity contribution in [2.45, 2.75) is 6.61 Å². The van der Waals surface area contributed by atoms with Crippen molar-refractivity contribution in [3.05, 3.63) is 45.3 Å². The first-order chi connectivity index (χ1) is 6.99. The SMILES string of the molecule is NC(=O)c1cc(F)cc(CO[N+](=O)[O-])c1. The number of benzene rings is 1. The van der Waals surface area contributed by atoms with Crippen molar-refractivity contribution >= 4 is 5.91 Å². The third kappa shape index (κ3) is 3.22.